The van der Waals surface area contributed by atoms with Crippen molar-refractivity contribution in [2.24, 2.45) is 5.41 Å². The predicted molar refractivity (Wildman–Crippen MR) is 88.9 cm³/mol. The van der Waals surface area contributed by atoms with E-state index < -0.39 is 0 Å². The van der Waals surface area contributed by atoms with Gasteiger partial charge in [0, 0.05) is 30.9 Å². The van der Waals surface area contributed by atoms with Gasteiger partial charge in [-0.1, -0.05) is 20.8 Å². The fourth-order valence-corrected chi connectivity index (χ4v) is 2.77. The number of carbonyl (C=O) groups is 1. The van der Waals surface area contributed by atoms with Gasteiger partial charge in [-0.15, -0.1) is 0 Å². The van der Waals surface area contributed by atoms with Crippen LogP contribution in [0.2, 0.25) is 0 Å². The maximum Gasteiger partial charge on any atom is 0.254 e. The van der Waals surface area contributed by atoms with E-state index in [1.807, 2.05) is 24.0 Å². The third kappa shape index (κ3) is 3.99. The van der Waals surface area contributed by atoms with E-state index in [2.05, 4.69) is 32.2 Å². The maximum atomic E-state index is 12.7. The summed E-state index contributed by atoms with van der Waals surface area (Å²) in [6, 6.07) is 6.07. The molecule has 1 aromatic carbocycles. The van der Waals surface area contributed by atoms with Gasteiger partial charge in [-0.25, -0.2) is 0 Å². The van der Waals surface area contributed by atoms with Crippen molar-refractivity contribution < 1.29 is 4.79 Å². The summed E-state index contributed by atoms with van der Waals surface area (Å²) < 4.78 is 0. The lowest BCUT2D eigenvalue weighted by Crippen LogP contribution is -2.41. The van der Waals surface area contributed by atoms with Crippen molar-refractivity contribution in [3.63, 3.8) is 0 Å². The van der Waals surface area contributed by atoms with E-state index in [4.69, 9.17) is 0 Å². The number of rotatable bonds is 4. The predicted octanol–water partition coefficient (Wildman–Crippen LogP) is 4.08. The molecule has 0 spiro atoms. The molecule has 1 aliphatic rings. The third-order valence-electron chi connectivity index (χ3n) is 4.44. The number of hydrogen-bond acceptors (Lipinski definition) is 2. The zero-order valence-electron chi connectivity index (χ0n) is 13.8. The molecule has 1 N–H and O–H groups in total. The van der Waals surface area contributed by atoms with Gasteiger partial charge >= 0.3 is 0 Å². The molecule has 1 amide bonds. The van der Waals surface area contributed by atoms with E-state index >= 15 is 0 Å². The van der Waals surface area contributed by atoms with Crippen molar-refractivity contribution in [1.29, 1.82) is 0 Å². The van der Waals surface area contributed by atoms with Crippen LogP contribution in [0.25, 0.3) is 0 Å². The van der Waals surface area contributed by atoms with E-state index in [0.29, 0.717) is 5.41 Å². The Kier molecular flexibility index (Phi) is 4.92. The first kappa shape index (κ1) is 15.9. The van der Waals surface area contributed by atoms with Crippen LogP contribution in [0.1, 0.15) is 56.0 Å². The number of carbonyl (C=O) groups excluding carboxylic acids is 1. The summed E-state index contributed by atoms with van der Waals surface area (Å²) >= 11 is 0. The molecule has 0 aliphatic carbocycles. The van der Waals surface area contributed by atoms with E-state index in [1.54, 1.807) is 0 Å². The first-order chi connectivity index (χ1) is 9.93. The van der Waals surface area contributed by atoms with Crippen LogP contribution in [0.15, 0.2) is 18.2 Å². The smallest absolute Gasteiger partial charge is 0.254 e. The monoisotopic (exact) mass is 288 g/mol. The van der Waals surface area contributed by atoms with Crippen LogP contribution in [0, 0.1) is 12.3 Å². The highest BCUT2D eigenvalue weighted by Crippen LogP contribution is 2.30. The van der Waals surface area contributed by atoms with Crippen LogP contribution in [0.3, 0.4) is 0 Å². The zero-order valence-corrected chi connectivity index (χ0v) is 13.8. The molecule has 3 nitrogen and oxygen atoms in total. The van der Waals surface area contributed by atoms with Crippen LogP contribution in [-0.4, -0.2) is 30.4 Å². The van der Waals surface area contributed by atoms with Gasteiger partial charge in [0.1, 0.15) is 0 Å². The average Bonchev–Trinajstić information content (AvgIpc) is 2.44. The molecule has 1 fully saturated rings. The van der Waals surface area contributed by atoms with E-state index in [9.17, 15) is 4.79 Å². The average molecular weight is 288 g/mol. The van der Waals surface area contributed by atoms with Gasteiger partial charge < -0.3 is 10.2 Å². The molecule has 1 aliphatic heterocycles. The molecular formula is C18H28N2O. The second kappa shape index (κ2) is 6.50. The number of aryl methyl sites for hydroxylation is 1. The fourth-order valence-electron chi connectivity index (χ4n) is 2.77. The Morgan fingerprint density at radius 2 is 1.95 bits per heavy atom. The van der Waals surface area contributed by atoms with Crippen molar-refractivity contribution >= 4 is 11.6 Å². The minimum Gasteiger partial charge on any atom is -0.385 e. The van der Waals surface area contributed by atoms with E-state index in [0.717, 1.165) is 55.7 Å². The molecule has 1 heterocycles. The Bertz CT molecular complexity index is 498. The largest absolute Gasteiger partial charge is 0.385 e. The molecule has 2 rings (SSSR count). The van der Waals surface area contributed by atoms with Gasteiger partial charge in [-0.3, -0.25) is 4.79 Å². The highest BCUT2D eigenvalue weighted by atomic mass is 16.2. The quantitative estimate of drug-likeness (QED) is 0.905. The summed E-state index contributed by atoms with van der Waals surface area (Å²) in [7, 11) is 0. The lowest BCUT2D eigenvalue weighted by Gasteiger charge is -2.37. The molecule has 3 heteroatoms. The van der Waals surface area contributed by atoms with Gasteiger partial charge in [-0.2, -0.15) is 0 Å². The lowest BCUT2D eigenvalue weighted by atomic mass is 9.82. The number of nitrogens with zero attached hydrogens (tertiary/aromatic N) is 1. The molecule has 1 aromatic rings. The van der Waals surface area contributed by atoms with Crippen LogP contribution >= 0.6 is 0 Å². The number of hydrogen-bond donors (Lipinski definition) is 1. The standard InChI is InChI=1S/C18H28N2O/c1-5-10-19-15-6-7-16(14(2)13-15)17(21)20-11-8-18(3,4)9-12-20/h6-7,13,19H,5,8-12H2,1-4H3. The summed E-state index contributed by atoms with van der Waals surface area (Å²) in [5, 5.41) is 3.37. The Balaban J connectivity index is 2.06. The van der Waals surface area contributed by atoms with Crippen molar-refractivity contribution in [2.45, 2.75) is 47.0 Å². The van der Waals surface area contributed by atoms with Crippen LogP contribution in [0.5, 0.6) is 0 Å². The number of amides is 1. The SMILES string of the molecule is CCCNc1ccc(C(=O)N2CCC(C)(C)CC2)c(C)c1. The number of likely N-dealkylation sites (tertiary alicyclic amines) is 1. The van der Waals surface area contributed by atoms with Crippen LogP contribution in [-0.2, 0) is 0 Å². The van der Waals surface area contributed by atoms with E-state index in [-0.39, 0.29) is 5.91 Å². The fraction of sp³-hybridized carbons (Fsp3) is 0.611. The molecule has 21 heavy (non-hydrogen) atoms. The Morgan fingerprint density at radius 3 is 2.52 bits per heavy atom. The van der Waals surface area contributed by atoms with Gasteiger partial charge in [0.15, 0.2) is 0 Å². The second-order valence-corrected chi connectivity index (χ2v) is 6.91. The summed E-state index contributed by atoms with van der Waals surface area (Å²) in [4.78, 5) is 14.7. The number of nitrogens with one attached hydrogen (secondary N) is 1. The molecule has 0 atom stereocenters. The molecule has 1 saturated heterocycles. The van der Waals surface area contributed by atoms with E-state index in [1.165, 1.54) is 0 Å². The summed E-state index contributed by atoms with van der Waals surface area (Å²) in [6.07, 6.45) is 3.28. The molecule has 0 aromatic heterocycles. The minimum absolute atomic E-state index is 0.185. The highest BCUT2D eigenvalue weighted by Gasteiger charge is 2.28. The molecule has 116 valence electrons. The molecular weight excluding hydrogens is 260 g/mol. The molecule has 0 bridgehead atoms. The Hall–Kier alpha value is -1.51. The molecule has 0 saturated carbocycles. The topological polar surface area (TPSA) is 32.3 Å². The number of benzene rings is 1. The lowest BCUT2D eigenvalue weighted by molar-refractivity contribution is 0.0629. The van der Waals surface area contributed by atoms with Crippen LogP contribution in [0.4, 0.5) is 5.69 Å². The van der Waals surface area contributed by atoms with Gasteiger partial charge in [0.05, 0.1) is 0 Å². The molecule has 0 unspecified atom stereocenters. The van der Waals surface area contributed by atoms with Crippen molar-refractivity contribution in [1.82, 2.24) is 4.90 Å². The normalized spacial score (nSPS) is 17.6. The summed E-state index contributed by atoms with van der Waals surface area (Å²) in [5.41, 5.74) is 3.38. The Morgan fingerprint density at radius 1 is 1.29 bits per heavy atom. The second-order valence-electron chi connectivity index (χ2n) is 6.91. The first-order valence-electron chi connectivity index (χ1n) is 8.07. The van der Waals surface area contributed by atoms with Crippen molar-refractivity contribution in [3.05, 3.63) is 29.3 Å². The number of anilines is 1. The minimum atomic E-state index is 0.185. The highest BCUT2D eigenvalue weighted by molar-refractivity contribution is 5.96. The third-order valence-corrected chi connectivity index (χ3v) is 4.44. The van der Waals surface area contributed by atoms with Gasteiger partial charge in [0.25, 0.3) is 5.91 Å². The summed E-state index contributed by atoms with van der Waals surface area (Å²) in [5.74, 6) is 0.185. The molecule has 0 radical (unpaired) electrons. The maximum absolute atomic E-state index is 12.7. The Labute approximate surface area is 128 Å². The first-order valence-corrected chi connectivity index (χ1v) is 8.07. The zero-order chi connectivity index (χ0) is 15.5. The summed E-state index contributed by atoms with van der Waals surface area (Å²) in [6.45, 7) is 11.5. The van der Waals surface area contributed by atoms with Gasteiger partial charge in [-0.05, 0) is 55.4 Å². The van der Waals surface area contributed by atoms with Crippen molar-refractivity contribution in [2.75, 3.05) is 25.0 Å². The van der Waals surface area contributed by atoms with Crippen molar-refractivity contribution in [3.8, 4) is 0 Å². The number of piperidine rings is 1. The van der Waals surface area contributed by atoms with Gasteiger partial charge in [0.2, 0.25) is 0 Å². The van der Waals surface area contributed by atoms with Crippen LogP contribution < -0.4 is 5.32 Å².